The lowest BCUT2D eigenvalue weighted by Crippen LogP contribution is -2.40. The molecule has 0 spiro atoms. The molecular weight excluding hydrogens is 238 g/mol. The molecule has 0 amide bonds. The maximum absolute atomic E-state index is 12.7. The van der Waals surface area contributed by atoms with E-state index < -0.39 is 6.55 Å². The fraction of sp³-hybridized carbons (Fsp3) is 0.750. The smallest absolute Gasteiger partial charge is 0.319 e. The van der Waals surface area contributed by atoms with Crippen molar-refractivity contribution in [2.24, 2.45) is 5.73 Å². The second-order valence-corrected chi connectivity index (χ2v) is 4.73. The first-order valence-electron chi connectivity index (χ1n) is 6.46. The second kappa shape index (κ2) is 6.24. The van der Waals surface area contributed by atoms with Crippen molar-refractivity contribution in [1.29, 1.82) is 0 Å². The van der Waals surface area contributed by atoms with Crippen LogP contribution in [0.2, 0.25) is 0 Å². The maximum atomic E-state index is 12.7. The molecular formula is C12H20F2N4. The number of piperidine rings is 1. The highest BCUT2D eigenvalue weighted by atomic mass is 19.3. The van der Waals surface area contributed by atoms with Crippen LogP contribution in [0.5, 0.6) is 0 Å². The summed E-state index contributed by atoms with van der Waals surface area (Å²) in [6.07, 6.45) is 7.12. The summed E-state index contributed by atoms with van der Waals surface area (Å²) in [6.45, 7) is -0.437. The molecule has 1 saturated heterocycles. The van der Waals surface area contributed by atoms with E-state index in [-0.39, 0.29) is 0 Å². The van der Waals surface area contributed by atoms with E-state index in [2.05, 4.69) is 9.88 Å². The highest BCUT2D eigenvalue weighted by Crippen LogP contribution is 2.22. The van der Waals surface area contributed by atoms with E-state index in [1.807, 2.05) is 0 Å². The van der Waals surface area contributed by atoms with Crippen molar-refractivity contribution in [3.63, 3.8) is 0 Å². The number of imidazole rings is 1. The molecule has 0 bridgehead atoms. The predicted octanol–water partition coefficient (Wildman–Crippen LogP) is 1.98. The van der Waals surface area contributed by atoms with E-state index in [4.69, 9.17) is 5.73 Å². The largest absolute Gasteiger partial charge is 0.330 e. The van der Waals surface area contributed by atoms with Gasteiger partial charge >= 0.3 is 6.55 Å². The van der Waals surface area contributed by atoms with Crippen LogP contribution < -0.4 is 5.73 Å². The number of likely N-dealkylation sites (tertiary alicyclic amines) is 1. The molecule has 0 radical (unpaired) electrons. The van der Waals surface area contributed by atoms with Gasteiger partial charge in [-0.15, -0.1) is 0 Å². The third kappa shape index (κ3) is 3.05. The molecule has 0 aliphatic carbocycles. The van der Waals surface area contributed by atoms with Gasteiger partial charge in [-0.25, -0.2) is 4.98 Å². The zero-order valence-corrected chi connectivity index (χ0v) is 10.4. The van der Waals surface area contributed by atoms with Gasteiger partial charge in [0.05, 0.1) is 6.54 Å². The molecule has 18 heavy (non-hydrogen) atoms. The number of hydrogen-bond donors (Lipinski definition) is 1. The van der Waals surface area contributed by atoms with Gasteiger partial charge in [-0.05, 0) is 32.4 Å². The van der Waals surface area contributed by atoms with E-state index in [1.54, 1.807) is 0 Å². The molecule has 2 rings (SSSR count). The molecule has 102 valence electrons. The lowest BCUT2D eigenvalue weighted by Gasteiger charge is -2.35. The van der Waals surface area contributed by atoms with E-state index in [1.165, 1.54) is 18.8 Å². The van der Waals surface area contributed by atoms with E-state index in [9.17, 15) is 8.78 Å². The number of hydrogen-bond acceptors (Lipinski definition) is 3. The quantitative estimate of drug-likeness (QED) is 0.878. The van der Waals surface area contributed by atoms with Gasteiger partial charge in [0.2, 0.25) is 0 Å². The van der Waals surface area contributed by atoms with Crippen LogP contribution in [0.15, 0.2) is 12.4 Å². The van der Waals surface area contributed by atoms with Gasteiger partial charge in [0.1, 0.15) is 5.82 Å². The highest BCUT2D eigenvalue weighted by molar-refractivity contribution is 4.94. The Balaban J connectivity index is 2.03. The first-order valence-corrected chi connectivity index (χ1v) is 6.46. The highest BCUT2D eigenvalue weighted by Gasteiger charge is 2.23. The van der Waals surface area contributed by atoms with Gasteiger partial charge in [-0.1, -0.05) is 6.42 Å². The SMILES string of the molecule is NCCC1CCCCN1Cc1nccn1C(F)F. The molecule has 1 aliphatic rings. The Morgan fingerprint density at radius 1 is 1.44 bits per heavy atom. The van der Waals surface area contributed by atoms with Crippen LogP contribution in [0.25, 0.3) is 0 Å². The van der Waals surface area contributed by atoms with Crippen molar-refractivity contribution >= 4 is 0 Å². The molecule has 6 heteroatoms. The van der Waals surface area contributed by atoms with Gasteiger partial charge in [0.25, 0.3) is 0 Å². The zero-order valence-electron chi connectivity index (χ0n) is 10.4. The van der Waals surface area contributed by atoms with E-state index in [0.717, 1.165) is 30.4 Å². The number of nitrogens with zero attached hydrogens (tertiary/aromatic N) is 3. The van der Waals surface area contributed by atoms with Crippen LogP contribution >= 0.6 is 0 Å². The van der Waals surface area contributed by atoms with Gasteiger partial charge in [0.15, 0.2) is 0 Å². The molecule has 1 aliphatic heterocycles. The number of nitrogens with two attached hydrogens (primary N) is 1. The topological polar surface area (TPSA) is 47.1 Å². The van der Waals surface area contributed by atoms with Crippen LogP contribution in [0.3, 0.4) is 0 Å². The van der Waals surface area contributed by atoms with Gasteiger partial charge in [-0.3, -0.25) is 9.47 Å². The summed E-state index contributed by atoms with van der Waals surface area (Å²) in [4.78, 5) is 6.27. The molecule has 0 aromatic carbocycles. The van der Waals surface area contributed by atoms with Crippen LogP contribution in [0.1, 0.15) is 38.1 Å². The molecule has 0 saturated carbocycles. The van der Waals surface area contributed by atoms with Crippen molar-refractivity contribution in [1.82, 2.24) is 14.5 Å². The third-order valence-electron chi connectivity index (χ3n) is 3.55. The van der Waals surface area contributed by atoms with Crippen LogP contribution in [-0.2, 0) is 6.54 Å². The molecule has 1 unspecified atom stereocenters. The number of rotatable bonds is 5. The number of aromatic nitrogens is 2. The molecule has 1 aromatic rings. The summed E-state index contributed by atoms with van der Waals surface area (Å²) in [6, 6.07) is 0.409. The van der Waals surface area contributed by atoms with Crippen molar-refractivity contribution in [3.8, 4) is 0 Å². The van der Waals surface area contributed by atoms with Gasteiger partial charge in [-0.2, -0.15) is 8.78 Å². The number of alkyl halides is 2. The second-order valence-electron chi connectivity index (χ2n) is 4.73. The Hall–Kier alpha value is -1.01. The van der Waals surface area contributed by atoms with E-state index in [0.29, 0.717) is 25.0 Å². The average molecular weight is 258 g/mol. The van der Waals surface area contributed by atoms with E-state index >= 15 is 0 Å². The van der Waals surface area contributed by atoms with Crippen molar-refractivity contribution < 1.29 is 8.78 Å². The Morgan fingerprint density at radius 2 is 2.28 bits per heavy atom. The van der Waals surface area contributed by atoms with Crippen molar-refractivity contribution in [2.45, 2.75) is 44.8 Å². The third-order valence-corrected chi connectivity index (χ3v) is 3.55. The molecule has 2 N–H and O–H groups in total. The Labute approximate surface area is 106 Å². The first-order chi connectivity index (χ1) is 8.72. The van der Waals surface area contributed by atoms with Crippen molar-refractivity contribution in [2.75, 3.05) is 13.1 Å². The first kappa shape index (κ1) is 13.4. The standard InChI is InChI=1S/C12H20F2N4/c13-12(14)18-8-6-16-11(18)9-17-7-2-1-3-10(17)4-5-15/h6,8,10,12H,1-5,7,9,15H2. The Morgan fingerprint density at radius 3 is 3.00 bits per heavy atom. The minimum absolute atomic E-state index is 0.409. The summed E-state index contributed by atoms with van der Waals surface area (Å²) in [5.41, 5.74) is 5.61. The summed E-state index contributed by atoms with van der Waals surface area (Å²) in [7, 11) is 0. The lowest BCUT2D eigenvalue weighted by atomic mass is 9.99. The Kier molecular flexibility index (Phi) is 4.66. The molecule has 4 nitrogen and oxygen atoms in total. The Bertz CT molecular complexity index is 365. The molecule has 2 heterocycles. The summed E-state index contributed by atoms with van der Waals surface area (Å²) < 4.78 is 26.4. The molecule has 1 aromatic heterocycles. The zero-order chi connectivity index (χ0) is 13.0. The summed E-state index contributed by atoms with van der Waals surface area (Å²) in [5.74, 6) is 0.439. The monoisotopic (exact) mass is 258 g/mol. The van der Waals surface area contributed by atoms with Gasteiger partial charge in [0, 0.05) is 18.4 Å². The summed E-state index contributed by atoms with van der Waals surface area (Å²) in [5, 5.41) is 0. The normalized spacial score (nSPS) is 21.7. The van der Waals surface area contributed by atoms with Crippen LogP contribution in [0.4, 0.5) is 8.78 Å². The van der Waals surface area contributed by atoms with Crippen molar-refractivity contribution in [3.05, 3.63) is 18.2 Å². The average Bonchev–Trinajstić information content (AvgIpc) is 2.80. The number of halogens is 2. The van der Waals surface area contributed by atoms with Crippen LogP contribution in [-0.4, -0.2) is 33.6 Å². The summed E-state index contributed by atoms with van der Waals surface area (Å²) >= 11 is 0. The minimum Gasteiger partial charge on any atom is -0.330 e. The molecule has 1 atom stereocenters. The van der Waals surface area contributed by atoms with Crippen LogP contribution in [0, 0.1) is 0 Å². The maximum Gasteiger partial charge on any atom is 0.319 e. The minimum atomic E-state index is -2.51. The molecule has 1 fully saturated rings. The fourth-order valence-electron chi connectivity index (χ4n) is 2.61. The predicted molar refractivity (Wildman–Crippen MR) is 65.2 cm³/mol. The lowest BCUT2D eigenvalue weighted by molar-refractivity contribution is 0.0591. The fourth-order valence-corrected chi connectivity index (χ4v) is 2.61. The van der Waals surface area contributed by atoms with Gasteiger partial charge < -0.3 is 5.73 Å².